The van der Waals surface area contributed by atoms with Crippen molar-refractivity contribution in [3.8, 4) is 5.75 Å². The Kier molecular flexibility index (Phi) is 8.10. The lowest BCUT2D eigenvalue weighted by molar-refractivity contribution is 0.0175. The van der Waals surface area contributed by atoms with Gasteiger partial charge in [0, 0.05) is 53.5 Å². The van der Waals surface area contributed by atoms with E-state index in [-0.39, 0.29) is 12.1 Å². The molecule has 1 aliphatic heterocycles. The van der Waals surface area contributed by atoms with Crippen LogP contribution in [0.5, 0.6) is 5.75 Å². The summed E-state index contributed by atoms with van der Waals surface area (Å²) in [7, 11) is 0. The van der Waals surface area contributed by atoms with Gasteiger partial charge in [0.05, 0.1) is 6.61 Å². The molecule has 37 heavy (non-hydrogen) atoms. The quantitative estimate of drug-likeness (QED) is 0.168. The number of hydrogen-bond donors (Lipinski definition) is 2. The van der Waals surface area contributed by atoms with E-state index in [0.29, 0.717) is 31.1 Å². The molecule has 0 spiro atoms. The molecule has 9 heteroatoms. The van der Waals surface area contributed by atoms with Gasteiger partial charge in [0.2, 0.25) is 0 Å². The van der Waals surface area contributed by atoms with Crippen LogP contribution in [-0.4, -0.2) is 53.0 Å². The Labute approximate surface area is 222 Å². The number of H-pyrrole nitrogens is 1. The minimum absolute atomic E-state index is 0.324. The van der Waals surface area contributed by atoms with Gasteiger partial charge in [-0.2, -0.15) is 0 Å². The fraction of sp³-hybridized carbons (Fsp3) is 0.357. The summed E-state index contributed by atoms with van der Waals surface area (Å²) in [5.74, 6) is 6.59. The summed E-state index contributed by atoms with van der Waals surface area (Å²) in [5, 5.41) is 3.32. The normalized spacial score (nSPS) is 15.6. The Morgan fingerprint density at radius 2 is 2.05 bits per heavy atom. The molecule has 0 fully saturated rings. The molecule has 1 aromatic heterocycles. The lowest BCUT2D eigenvalue weighted by Crippen LogP contribution is -2.43. The van der Waals surface area contributed by atoms with E-state index >= 15 is 0 Å². The number of nitrogens with one attached hydrogen (secondary N) is 1. The molecule has 0 aliphatic carbocycles. The summed E-state index contributed by atoms with van der Waals surface area (Å²) in [6.45, 7) is 10.7. The summed E-state index contributed by atoms with van der Waals surface area (Å²) in [6, 6.07) is 13.4. The van der Waals surface area contributed by atoms with Crippen LogP contribution in [0.25, 0.3) is 10.9 Å². The summed E-state index contributed by atoms with van der Waals surface area (Å²) in [5.41, 5.74) is 3.53. The number of aromatic amines is 1. The number of carbonyl (C=O) groups is 1. The molecule has 196 valence electrons. The number of nitrogens with two attached hydrogens (primary N) is 1. The number of amides is 1. The fourth-order valence-corrected chi connectivity index (χ4v) is 4.69. The largest absolute Gasteiger partial charge is 0.494 e. The second-order valence-corrected chi connectivity index (χ2v) is 10.5. The Morgan fingerprint density at radius 1 is 1.30 bits per heavy atom. The van der Waals surface area contributed by atoms with Crippen LogP contribution >= 0.6 is 11.6 Å². The molecule has 0 radical (unpaired) electrons. The Balaban J connectivity index is 1.56. The third-order valence-electron chi connectivity index (χ3n) is 6.11. The van der Waals surface area contributed by atoms with Gasteiger partial charge in [0.1, 0.15) is 17.4 Å². The predicted octanol–water partition coefficient (Wildman–Crippen LogP) is 5.82. The average molecular weight is 524 g/mol. The number of rotatable bonds is 8. The lowest BCUT2D eigenvalue weighted by atomic mass is 9.92. The van der Waals surface area contributed by atoms with Gasteiger partial charge in [-0.1, -0.05) is 23.7 Å². The van der Waals surface area contributed by atoms with Crippen molar-refractivity contribution in [2.75, 3.05) is 19.7 Å². The zero-order chi connectivity index (χ0) is 26.6. The Hall–Kier alpha value is -3.49. The molecule has 2 aromatic carbocycles. The van der Waals surface area contributed by atoms with Crippen molar-refractivity contribution < 1.29 is 14.3 Å². The minimum Gasteiger partial charge on any atom is -0.494 e. The number of aromatic nitrogens is 1. The van der Waals surface area contributed by atoms with E-state index in [1.165, 1.54) is 5.56 Å². The van der Waals surface area contributed by atoms with Crippen molar-refractivity contribution in [3.05, 3.63) is 76.7 Å². The zero-order valence-corrected chi connectivity index (χ0v) is 22.3. The number of fused-ring (bicyclic) bond motifs is 3. The van der Waals surface area contributed by atoms with Crippen LogP contribution in [-0.2, 0) is 11.2 Å². The van der Waals surface area contributed by atoms with Gasteiger partial charge >= 0.3 is 6.09 Å². The van der Waals surface area contributed by atoms with Crippen LogP contribution in [0.2, 0.25) is 5.02 Å². The van der Waals surface area contributed by atoms with E-state index in [0.717, 1.165) is 34.3 Å². The number of ether oxygens (including phenoxy) is 2. The highest BCUT2D eigenvalue weighted by Gasteiger charge is 2.36. The van der Waals surface area contributed by atoms with E-state index in [9.17, 15) is 4.79 Å². The smallest absolute Gasteiger partial charge is 0.411 e. The third kappa shape index (κ3) is 6.45. The van der Waals surface area contributed by atoms with Crippen molar-refractivity contribution in [2.45, 2.75) is 45.3 Å². The van der Waals surface area contributed by atoms with Crippen LogP contribution in [0, 0.1) is 0 Å². The molecule has 1 amide bonds. The maximum absolute atomic E-state index is 13.3. The highest BCUT2D eigenvalue weighted by Crippen LogP contribution is 2.40. The summed E-state index contributed by atoms with van der Waals surface area (Å²) in [4.78, 5) is 22.2. The first-order valence-electron chi connectivity index (χ1n) is 12.3. The van der Waals surface area contributed by atoms with Gasteiger partial charge in [0.15, 0.2) is 0 Å². The van der Waals surface area contributed by atoms with Crippen LogP contribution in [0.1, 0.15) is 50.1 Å². The summed E-state index contributed by atoms with van der Waals surface area (Å²) in [6.07, 6.45) is 4.32. The van der Waals surface area contributed by atoms with Crippen molar-refractivity contribution in [1.29, 1.82) is 0 Å². The van der Waals surface area contributed by atoms with Gasteiger partial charge in [-0.3, -0.25) is 9.89 Å². The number of hydrazine groups is 1. The molecule has 4 rings (SSSR count). The standard InChI is InChI=1S/C28H34ClN5O3/c1-28(2,3)37-27(35)34-15-12-22-23-18-20(29)8-11-24(23)32-25(22)26(34)19-6-9-21(10-7-19)36-17-5-14-33(30)16-13-31-4/h6-11,13,16,18,26,32H,4-5,12,14-15,17,30H2,1-3H3/b16-13-. The number of hydrogen-bond acceptors (Lipinski definition) is 6. The van der Waals surface area contributed by atoms with Crippen molar-refractivity contribution >= 4 is 35.3 Å². The molecule has 1 unspecified atom stereocenters. The molecule has 2 heterocycles. The second kappa shape index (κ2) is 11.3. The number of aliphatic imine (C=N–C) groups is 1. The molecule has 0 saturated carbocycles. The van der Waals surface area contributed by atoms with Gasteiger partial charge in [-0.15, -0.1) is 0 Å². The molecular weight excluding hydrogens is 490 g/mol. The van der Waals surface area contributed by atoms with E-state index < -0.39 is 5.60 Å². The van der Waals surface area contributed by atoms with Gasteiger partial charge in [0.25, 0.3) is 0 Å². The number of benzene rings is 2. The Morgan fingerprint density at radius 3 is 2.76 bits per heavy atom. The predicted molar refractivity (Wildman–Crippen MR) is 148 cm³/mol. The van der Waals surface area contributed by atoms with E-state index in [1.54, 1.807) is 22.3 Å². The molecule has 8 nitrogen and oxygen atoms in total. The highest BCUT2D eigenvalue weighted by atomic mass is 35.5. The first-order chi connectivity index (χ1) is 17.7. The molecule has 3 aromatic rings. The molecule has 0 saturated heterocycles. The van der Waals surface area contributed by atoms with Gasteiger partial charge < -0.3 is 19.5 Å². The third-order valence-corrected chi connectivity index (χ3v) is 6.34. The number of nitrogens with zero attached hydrogens (tertiary/aromatic N) is 3. The van der Waals surface area contributed by atoms with E-state index in [2.05, 4.69) is 16.7 Å². The van der Waals surface area contributed by atoms with Crippen LogP contribution < -0.4 is 10.6 Å². The van der Waals surface area contributed by atoms with E-state index in [1.807, 2.05) is 63.2 Å². The van der Waals surface area contributed by atoms with Gasteiger partial charge in [-0.05, 0) is 75.4 Å². The second-order valence-electron chi connectivity index (χ2n) is 10.0. The highest BCUT2D eigenvalue weighted by molar-refractivity contribution is 6.31. The van der Waals surface area contributed by atoms with Crippen LogP contribution in [0.4, 0.5) is 4.79 Å². The van der Waals surface area contributed by atoms with Crippen molar-refractivity contribution in [1.82, 2.24) is 14.9 Å². The van der Waals surface area contributed by atoms with Gasteiger partial charge in [-0.25, -0.2) is 10.6 Å². The number of halogens is 1. The SMILES string of the molecule is C=N/C=C\N(N)CCCOc1ccc(C2c3[nH]c4ccc(Cl)cc4c3CCN2C(=O)OC(C)(C)C)cc1. The van der Waals surface area contributed by atoms with E-state index in [4.69, 9.17) is 26.9 Å². The van der Waals surface area contributed by atoms with Crippen LogP contribution in [0.15, 0.2) is 59.9 Å². The summed E-state index contributed by atoms with van der Waals surface area (Å²) >= 11 is 6.30. The molecular formula is C28H34ClN5O3. The fourth-order valence-electron chi connectivity index (χ4n) is 4.52. The maximum atomic E-state index is 13.3. The topological polar surface area (TPSA) is 96.2 Å². The Bertz CT molecular complexity index is 1280. The van der Waals surface area contributed by atoms with Crippen molar-refractivity contribution in [2.24, 2.45) is 10.8 Å². The monoisotopic (exact) mass is 523 g/mol. The zero-order valence-electron chi connectivity index (χ0n) is 21.5. The number of carbonyl (C=O) groups excluding carboxylic acids is 1. The molecule has 1 aliphatic rings. The molecule has 0 bridgehead atoms. The molecule has 1 atom stereocenters. The first kappa shape index (κ1) is 26.6. The minimum atomic E-state index is -0.593. The average Bonchev–Trinajstić information content (AvgIpc) is 3.22. The maximum Gasteiger partial charge on any atom is 0.411 e. The van der Waals surface area contributed by atoms with Crippen molar-refractivity contribution in [3.63, 3.8) is 0 Å². The molecule has 3 N–H and O–H groups in total. The lowest BCUT2D eigenvalue weighted by Gasteiger charge is -2.37. The first-order valence-corrected chi connectivity index (χ1v) is 12.7. The summed E-state index contributed by atoms with van der Waals surface area (Å²) < 4.78 is 11.7. The van der Waals surface area contributed by atoms with Crippen LogP contribution in [0.3, 0.4) is 0 Å².